The second-order valence-electron chi connectivity index (χ2n) is 4.40. The molecular formula is C13H17FN4O2S. The Balaban J connectivity index is 2.04. The Kier molecular flexibility index (Phi) is 5.66. The number of halogens is 1. The van der Waals surface area contributed by atoms with Gasteiger partial charge in [-0.25, -0.2) is 9.07 Å². The van der Waals surface area contributed by atoms with Crippen LogP contribution in [-0.4, -0.2) is 40.7 Å². The summed E-state index contributed by atoms with van der Waals surface area (Å²) in [5, 5.41) is 12.2. The number of nitrogens with zero attached hydrogens (tertiary/aromatic N) is 4. The number of thioether (sulfide) groups is 1. The maximum absolute atomic E-state index is 13.3. The Labute approximate surface area is 126 Å². The van der Waals surface area contributed by atoms with E-state index in [4.69, 9.17) is 9.47 Å². The Bertz CT molecular complexity index is 589. The minimum atomic E-state index is -0.413. The van der Waals surface area contributed by atoms with Crippen LogP contribution in [0, 0.1) is 12.7 Å². The van der Waals surface area contributed by atoms with Gasteiger partial charge >= 0.3 is 0 Å². The summed E-state index contributed by atoms with van der Waals surface area (Å²) < 4.78 is 25.1. The zero-order valence-electron chi connectivity index (χ0n) is 12.1. The van der Waals surface area contributed by atoms with E-state index >= 15 is 0 Å². The van der Waals surface area contributed by atoms with Gasteiger partial charge in [-0.05, 0) is 40.6 Å². The molecule has 0 saturated heterocycles. The fraction of sp³-hybridized carbons (Fsp3) is 0.462. The van der Waals surface area contributed by atoms with Crippen LogP contribution >= 0.6 is 11.8 Å². The van der Waals surface area contributed by atoms with E-state index in [1.54, 1.807) is 25.0 Å². The van der Waals surface area contributed by atoms with E-state index in [1.165, 1.54) is 23.9 Å². The van der Waals surface area contributed by atoms with Crippen molar-refractivity contribution in [1.29, 1.82) is 0 Å². The predicted molar refractivity (Wildman–Crippen MR) is 76.3 cm³/mol. The van der Waals surface area contributed by atoms with Gasteiger partial charge in [0.2, 0.25) is 5.16 Å². The summed E-state index contributed by atoms with van der Waals surface area (Å²) in [6, 6.07) is 4.75. The third kappa shape index (κ3) is 4.23. The van der Waals surface area contributed by atoms with E-state index in [0.717, 1.165) is 11.1 Å². The number of rotatable bonds is 7. The van der Waals surface area contributed by atoms with Gasteiger partial charge in [-0.15, -0.1) is 5.10 Å². The van der Waals surface area contributed by atoms with Crippen molar-refractivity contribution < 1.29 is 13.9 Å². The summed E-state index contributed by atoms with van der Waals surface area (Å²) >= 11 is 1.44. The quantitative estimate of drug-likeness (QED) is 0.576. The third-order valence-corrected chi connectivity index (χ3v) is 4.02. The number of methoxy groups -OCH3 is 2. The van der Waals surface area contributed by atoms with Crippen LogP contribution in [0.2, 0.25) is 0 Å². The Morgan fingerprint density at radius 3 is 2.81 bits per heavy atom. The van der Waals surface area contributed by atoms with Gasteiger partial charge in [-0.2, -0.15) is 0 Å². The summed E-state index contributed by atoms with van der Waals surface area (Å²) in [6.07, 6.45) is -0.413. The molecule has 1 aromatic carbocycles. The molecule has 1 aromatic heterocycles. The third-order valence-electron chi connectivity index (χ3n) is 3.01. The predicted octanol–water partition coefficient (Wildman–Crippen LogP) is 2.03. The molecule has 8 heteroatoms. The molecule has 0 N–H and O–H groups in total. The smallest absolute Gasteiger partial charge is 0.209 e. The number of hydrogen-bond donors (Lipinski definition) is 0. The second kappa shape index (κ2) is 7.48. The molecule has 0 amide bonds. The van der Waals surface area contributed by atoms with Crippen LogP contribution in [0.3, 0.4) is 0 Å². The zero-order valence-corrected chi connectivity index (χ0v) is 12.9. The first-order valence-electron chi connectivity index (χ1n) is 6.33. The molecule has 6 nitrogen and oxygen atoms in total. The molecule has 1 heterocycles. The van der Waals surface area contributed by atoms with Gasteiger partial charge in [0.1, 0.15) is 5.82 Å². The summed E-state index contributed by atoms with van der Waals surface area (Å²) in [6.45, 7) is 2.34. The zero-order chi connectivity index (χ0) is 15.2. The van der Waals surface area contributed by atoms with Crippen LogP contribution in [0.15, 0.2) is 23.4 Å². The molecule has 0 saturated carbocycles. The summed E-state index contributed by atoms with van der Waals surface area (Å²) in [7, 11) is 3.11. The molecule has 0 aliphatic carbocycles. The van der Waals surface area contributed by atoms with Crippen molar-refractivity contribution in [2.24, 2.45) is 0 Å². The fourth-order valence-corrected chi connectivity index (χ4v) is 2.69. The van der Waals surface area contributed by atoms with E-state index in [-0.39, 0.29) is 5.82 Å². The highest BCUT2D eigenvalue weighted by Crippen LogP contribution is 2.23. The number of benzene rings is 1. The lowest BCUT2D eigenvalue weighted by atomic mass is 10.1. The molecule has 2 aromatic rings. The molecule has 0 bridgehead atoms. The van der Waals surface area contributed by atoms with Gasteiger partial charge in [-0.1, -0.05) is 17.8 Å². The van der Waals surface area contributed by atoms with E-state index in [9.17, 15) is 4.39 Å². The molecule has 2 rings (SSSR count). The van der Waals surface area contributed by atoms with Gasteiger partial charge in [0.25, 0.3) is 0 Å². The highest BCUT2D eigenvalue weighted by Gasteiger charge is 2.13. The van der Waals surface area contributed by atoms with Crippen LogP contribution in [0.4, 0.5) is 4.39 Å². The molecule has 0 fully saturated rings. The second-order valence-corrected chi connectivity index (χ2v) is 5.35. The van der Waals surface area contributed by atoms with Crippen molar-refractivity contribution in [3.05, 3.63) is 35.1 Å². The Morgan fingerprint density at radius 1 is 1.33 bits per heavy atom. The van der Waals surface area contributed by atoms with Gasteiger partial charge in [0, 0.05) is 20.0 Å². The lowest BCUT2D eigenvalue weighted by molar-refractivity contribution is -0.113. The first kappa shape index (κ1) is 15.9. The lowest BCUT2D eigenvalue weighted by Gasteiger charge is -2.13. The van der Waals surface area contributed by atoms with Gasteiger partial charge in [0.15, 0.2) is 6.29 Å². The highest BCUT2D eigenvalue weighted by atomic mass is 32.2. The standard InChI is InChI=1S/C13H17FN4O2S/c1-9-4-5-11(14)6-10(9)8-21-13-15-16-17-18(13)7-12(19-2)20-3/h4-6,12H,7-8H2,1-3H3. The van der Waals surface area contributed by atoms with Crippen LogP contribution < -0.4 is 0 Å². The average Bonchev–Trinajstić information content (AvgIpc) is 2.93. The number of ether oxygens (including phenoxy) is 2. The van der Waals surface area contributed by atoms with Crippen LogP contribution in [-0.2, 0) is 21.8 Å². The first-order chi connectivity index (χ1) is 10.1. The summed E-state index contributed by atoms with van der Waals surface area (Å²) in [5.74, 6) is 0.351. The lowest BCUT2D eigenvalue weighted by Crippen LogP contribution is -2.21. The SMILES string of the molecule is COC(Cn1nnnc1SCc1cc(F)ccc1C)OC. The molecule has 0 aliphatic rings. The maximum Gasteiger partial charge on any atom is 0.209 e. The number of hydrogen-bond acceptors (Lipinski definition) is 6. The number of aryl methyl sites for hydroxylation is 1. The Morgan fingerprint density at radius 2 is 2.10 bits per heavy atom. The van der Waals surface area contributed by atoms with E-state index in [1.807, 2.05) is 6.92 Å². The van der Waals surface area contributed by atoms with Gasteiger partial charge < -0.3 is 9.47 Å². The average molecular weight is 312 g/mol. The number of tetrazole rings is 1. The Hall–Kier alpha value is -1.51. The van der Waals surface area contributed by atoms with Crippen LogP contribution in [0.25, 0.3) is 0 Å². The molecule has 0 radical (unpaired) electrons. The molecule has 0 spiro atoms. The molecule has 21 heavy (non-hydrogen) atoms. The maximum atomic E-state index is 13.3. The van der Waals surface area contributed by atoms with Crippen molar-refractivity contribution in [3.8, 4) is 0 Å². The van der Waals surface area contributed by atoms with Crippen molar-refractivity contribution in [2.75, 3.05) is 14.2 Å². The van der Waals surface area contributed by atoms with Crippen molar-refractivity contribution in [1.82, 2.24) is 20.2 Å². The van der Waals surface area contributed by atoms with Crippen molar-refractivity contribution in [3.63, 3.8) is 0 Å². The topological polar surface area (TPSA) is 62.1 Å². The summed E-state index contributed by atoms with van der Waals surface area (Å²) in [4.78, 5) is 0. The monoisotopic (exact) mass is 312 g/mol. The molecule has 0 aliphatic heterocycles. The number of aromatic nitrogens is 4. The molecule has 114 valence electrons. The van der Waals surface area contributed by atoms with Crippen LogP contribution in [0.1, 0.15) is 11.1 Å². The van der Waals surface area contributed by atoms with E-state index in [2.05, 4.69) is 15.5 Å². The van der Waals surface area contributed by atoms with E-state index in [0.29, 0.717) is 17.5 Å². The van der Waals surface area contributed by atoms with Gasteiger partial charge in [-0.3, -0.25) is 0 Å². The minimum absolute atomic E-state index is 0.241. The van der Waals surface area contributed by atoms with Gasteiger partial charge in [0.05, 0.1) is 6.54 Å². The largest absolute Gasteiger partial charge is 0.354 e. The van der Waals surface area contributed by atoms with Crippen molar-refractivity contribution >= 4 is 11.8 Å². The van der Waals surface area contributed by atoms with E-state index < -0.39 is 6.29 Å². The van der Waals surface area contributed by atoms with Crippen molar-refractivity contribution in [2.45, 2.75) is 30.7 Å². The molecule has 0 atom stereocenters. The normalized spacial score (nSPS) is 11.3. The molecular weight excluding hydrogens is 295 g/mol. The van der Waals surface area contributed by atoms with Crippen LogP contribution in [0.5, 0.6) is 0 Å². The fourth-order valence-electron chi connectivity index (χ4n) is 1.74. The first-order valence-corrected chi connectivity index (χ1v) is 7.32. The minimum Gasteiger partial charge on any atom is -0.354 e. The molecule has 0 unspecified atom stereocenters. The highest BCUT2D eigenvalue weighted by molar-refractivity contribution is 7.98. The summed E-state index contributed by atoms with van der Waals surface area (Å²) in [5.41, 5.74) is 1.96.